The van der Waals surface area contributed by atoms with Crippen LogP contribution < -0.4 is 10.9 Å². The molecule has 7 heteroatoms. The second kappa shape index (κ2) is 9.64. The summed E-state index contributed by atoms with van der Waals surface area (Å²) in [4.78, 5) is 35.2. The SMILES string of the molecule is Cc1ccnc(-n2c(SC(C)C(=O)NCC3CCCCC3)nc3ccccc3c2=O)c1. The molecule has 2 heterocycles. The lowest BCUT2D eigenvalue weighted by molar-refractivity contribution is -0.120. The molecule has 1 atom stereocenters. The van der Waals surface area contributed by atoms with Crippen LogP contribution in [0.2, 0.25) is 0 Å². The summed E-state index contributed by atoms with van der Waals surface area (Å²) < 4.78 is 1.52. The zero-order valence-electron chi connectivity index (χ0n) is 18.0. The normalized spacial score (nSPS) is 15.7. The summed E-state index contributed by atoms with van der Waals surface area (Å²) in [5.74, 6) is 1.06. The molecule has 1 amide bonds. The van der Waals surface area contributed by atoms with Gasteiger partial charge in [0.2, 0.25) is 5.91 Å². The maximum Gasteiger partial charge on any atom is 0.267 e. The number of hydrogen-bond acceptors (Lipinski definition) is 5. The molecule has 31 heavy (non-hydrogen) atoms. The van der Waals surface area contributed by atoms with E-state index in [-0.39, 0.29) is 16.7 Å². The average molecular weight is 437 g/mol. The van der Waals surface area contributed by atoms with Crippen molar-refractivity contribution in [2.45, 2.75) is 56.4 Å². The van der Waals surface area contributed by atoms with E-state index in [2.05, 4.69) is 10.3 Å². The Bertz CT molecular complexity index is 1140. The molecule has 4 rings (SSSR count). The van der Waals surface area contributed by atoms with Crippen LogP contribution in [0.3, 0.4) is 0 Å². The number of para-hydroxylation sites is 1. The third kappa shape index (κ3) is 4.98. The molecule has 0 radical (unpaired) electrons. The Morgan fingerprint density at radius 2 is 2.00 bits per heavy atom. The third-order valence-corrected chi connectivity index (χ3v) is 6.87. The number of nitrogens with one attached hydrogen (secondary N) is 1. The standard InChI is InChI=1S/C24H28N4O2S/c1-16-12-13-25-21(14-16)28-23(30)19-10-6-7-11-20(19)27-24(28)31-17(2)22(29)26-15-18-8-4-3-5-9-18/h6-7,10-14,17-18H,3-5,8-9,15H2,1-2H3,(H,26,29). The summed E-state index contributed by atoms with van der Waals surface area (Å²) in [6.07, 6.45) is 7.86. The molecule has 1 aromatic carbocycles. The van der Waals surface area contributed by atoms with Gasteiger partial charge in [-0.05, 0) is 62.4 Å². The Morgan fingerprint density at radius 1 is 1.23 bits per heavy atom. The largest absolute Gasteiger partial charge is 0.355 e. The van der Waals surface area contributed by atoms with Crippen molar-refractivity contribution in [3.63, 3.8) is 0 Å². The second-order valence-electron chi connectivity index (χ2n) is 8.25. The first-order chi connectivity index (χ1) is 15.0. The first-order valence-corrected chi connectivity index (χ1v) is 11.8. The first kappa shape index (κ1) is 21.6. The molecule has 0 bridgehead atoms. The van der Waals surface area contributed by atoms with E-state index in [4.69, 9.17) is 4.98 Å². The number of pyridine rings is 1. The number of aromatic nitrogens is 3. The fourth-order valence-corrected chi connectivity index (χ4v) is 4.97. The molecule has 162 valence electrons. The molecule has 0 saturated heterocycles. The second-order valence-corrected chi connectivity index (χ2v) is 9.56. The Morgan fingerprint density at radius 3 is 2.77 bits per heavy atom. The topological polar surface area (TPSA) is 76.9 Å². The van der Waals surface area contributed by atoms with Gasteiger partial charge in [-0.25, -0.2) is 14.5 Å². The van der Waals surface area contributed by atoms with E-state index in [9.17, 15) is 9.59 Å². The van der Waals surface area contributed by atoms with Crippen LogP contribution in [-0.4, -0.2) is 32.2 Å². The lowest BCUT2D eigenvalue weighted by Gasteiger charge is -2.22. The Kier molecular flexibility index (Phi) is 6.70. The van der Waals surface area contributed by atoms with Crippen LogP contribution in [0, 0.1) is 12.8 Å². The van der Waals surface area contributed by atoms with Crippen molar-refractivity contribution in [1.82, 2.24) is 19.9 Å². The van der Waals surface area contributed by atoms with Crippen molar-refractivity contribution in [2.24, 2.45) is 5.92 Å². The third-order valence-electron chi connectivity index (χ3n) is 5.82. The van der Waals surface area contributed by atoms with Crippen molar-refractivity contribution < 1.29 is 4.79 Å². The number of nitrogens with zero attached hydrogens (tertiary/aromatic N) is 3. The molecule has 0 aliphatic heterocycles. The molecule has 2 aromatic heterocycles. The molecular weight excluding hydrogens is 408 g/mol. The van der Waals surface area contributed by atoms with Gasteiger partial charge < -0.3 is 5.32 Å². The van der Waals surface area contributed by atoms with Gasteiger partial charge in [0, 0.05) is 12.7 Å². The molecular formula is C24H28N4O2S. The maximum absolute atomic E-state index is 13.3. The van der Waals surface area contributed by atoms with Crippen LogP contribution in [0.4, 0.5) is 0 Å². The predicted molar refractivity (Wildman–Crippen MR) is 125 cm³/mol. The van der Waals surface area contributed by atoms with Crippen LogP contribution in [-0.2, 0) is 4.79 Å². The highest BCUT2D eigenvalue weighted by Gasteiger charge is 2.22. The van der Waals surface area contributed by atoms with E-state index in [1.807, 2.05) is 44.2 Å². The number of amides is 1. The molecule has 1 fully saturated rings. The van der Waals surface area contributed by atoms with E-state index in [0.29, 0.717) is 27.8 Å². The number of fused-ring (bicyclic) bond motifs is 1. The number of carbonyl (C=O) groups is 1. The number of hydrogen-bond donors (Lipinski definition) is 1. The lowest BCUT2D eigenvalue weighted by atomic mass is 9.89. The van der Waals surface area contributed by atoms with Gasteiger partial charge in [-0.3, -0.25) is 9.59 Å². The minimum absolute atomic E-state index is 0.0262. The number of rotatable bonds is 6. The summed E-state index contributed by atoms with van der Waals surface area (Å²) in [6, 6.07) is 11.0. The van der Waals surface area contributed by atoms with Crippen LogP contribution in [0.25, 0.3) is 16.7 Å². The van der Waals surface area contributed by atoms with Crippen molar-refractivity contribution >= 4 is 28.6 Å². The number of carbonyl (C=O) groups excluding carboxylic acids is 1. The first-order valence-electron chi connectivity index (χ1n) is 10.9. The molecule has 1 aliphatic carbocycles. The summed E-state index contributed by atoms with van der Waals surface area (Å²) in [7, 11) is 0. The highest BCUT2D eigenvalue weighted by atomic mass is 32.2. The molecule has 1 N–H and O–H groups in total. The lowest BCUT2D eigenvalue weighted by Crippen LogP contribution is -2.35. The quantitative estimate of drug-likeness (QED) is 0.461. The van der Waals surface area contributed by atoms with Gasteiger partial charge in [0.05, 0.1) is 16.2 Å². The number of thioether (sulfide) groups is 1. The van der Waals surface area contributed by atoms with Gasteiger partial charge in [-0.2, -0.15) is 0 Å². The van der Waals surface area contributed by atoms with Gasteiger partial charge in [0.25, 0.3) is 5.56 Å². The predicted octanol–water partition coefficient (Wildman–Crippen LogP) is 4.27. The van der Waals surface area contributed by atoms with Crippen molar-refractivity contribution in [2.75, 3.05) is 6.54 Å². The fraction of sp³-hybridized carbons (Fsp3) is 0.417. The highest BCUT2D eigenvalue weighted by molar-refractivity contribution is 8.00. The smallest absolute Gasteiger partial charge is 0.267 e. The molecule has 1 aliphatic rings. The van der Waals surface area contributed by atoms with Gasteiger partial charge in [0.15, 0.2) is 5.16 Å². The van der Waals surface area contributed by atoms with Crippen molar-refractivity contribution in [3.05, 3.63) is 58.5 Å². The number of benzene rings is 1. The van der Waals surface area contributed by atoms with E-state index in [0.717, 1.165) is 12.1 Å². The molecule has 0 spiro atoms. The Balaban J connectivity index is 1.62. The zero-order valence-corrected chi connectivity index (χ0v) is 18.8. The van der Waals surface area contributed by atoms with Gasteiger partial charge >= 0.3 is 0 Å². The minimum Gasteiger partial charge on any atom is -0.355 e. The molecule has 1 saturated carbocycles. The molecule has 3 aromatic rings. The van der Waals surface area contributed by atoms with Crippen LogP contribution in [0.15, 0.2) is 52.5 Å². The van der Waals surface area contributed by atoms with Crippen LogP contribution >= 0.6 is 11.8 Å². The van der Waals surface area contributed by atoms with Crippen LogP contribution in [0.5, 0.6) is 0 Å². The molecule has 1 unspecified atom stereocenters. The monoisotopic (exact) mass is 436 g/mol. The molecule has 6 nitrogen and oxygen atoms in total. The number of aryl methyl sites for hydroxylation is 1. The summed E-state index contributed by atoms with van der Waals surface area (Å²) in [5, 5.41) is 3.73. The van der Waals surface area contributed by atoms with E-state index in [1.54, 1.807) is 12.3 Å². The zero-order chi connectivity index (χ0) is 21.8. The summed E-state index contributed by atoms with van der Waals surface area (Å²) in [5.41, 5.74) is 1.44. The van der Waals surface area contributed by atoms with Crippen molar-refractivity contribution in [1.29, 1.82) is 0 Å². The Hall–Kier alpha value is -2.67. The van der Waals surface area contributed by atoms with Gasteiger partial charge in [-0.1, -0.05) is 43.2 Å². The summed E-state index contributed by atoms with van der Waals surface area (Å²) in [6.45, 7) is 4.54. The minimum atomic E-state index is -0.382. The van der Waals surface area contributed by atoms with E-state index in [1.165, 1.54) is 48.4 Å². The van der Waals surface area contributed by atoms with E-state index < -0.39 is 0 Å². The highest BCUT2D eigenvalue weighted by Crippen LogP contribution is 2.26. The maximum atomic E-state index is 13.3. The van der Waals surface area contributed by atoms with Crippen LogP contribution in [0.1, 0.15) is 44.6 Å². The van der Waals surface area contributed by atoms with Gasteiger partial charge in [-0.15, -0.1) is 0 Å². The summed E-state index contributed by atoms with van der Waals surface area (Å²) >= 11 is 1.29. The Labute approximate surface area is 186 Å². The average Bonchev–Trinajstić information content (AvgIpc) is 2.78. The van der Waals surface area contributed by atoms with E-state index >= 15 is 0 Å². The van der Waals surface area contributed by atoms with Gasteiger partial charge in [0.1, 0.15) is 5.82 Å². The van der Waals surface area contributed by atoms with Crippen molar-refractivity contribution in [3.8, 4) is 5.82 Å². The fourth-order valence-electron chi connectivity index (χ4n) is 4.03.